The highest BCUT2D eigenvalue weighted by atomic mass is 16.3. The standard InChI is InChI=1S/C20H21N5O3/c26-19(15-8-13-28-14-15)24-11-6-16(7-12-24)22-20(27)23-17-4-1-2-5-18(17)25-10-3-9-21-25/h1-5,8-10,13-14,16H,6-7,11-12H2,(H2,22,23,27). The number of hydrogen-bond acceptors (Lipinski definition) is 4. The maximum Gasteiger partial charge on any atom is 0.319 e. The zero-order chi connectivity index (χ0) is 19.3. The molecule has 28 heavy (non-hydrogen) atoms. The molecule has 1 aromatic carbocycles. The number of furan rings is 1. The number of nitrogens with one attached hydrogen (secondary N) is 2. The van der Waals surface area contributed by atoms with Gasteiger partial charge in [-0.2, -0.15) is 5.10 Å². The molecule has 1 aliphatic rings. The predicted octanol–water partition coefficient (Wildman–Crippen LogP) is 2.89. The molecular weight excluding hydrogens is 358 g/mol. The fraction of sp³-hybridized carbons (Fsp3) is 0.250. The molecule has 1 aliphatic heterocycles. The van der Waals surface area contributed by atoms with E-state index in [1.54, 1.807) is 21.8 Å². The van der Waals surface area contributed by atoms with E-state index in [0.717, 1.165) is 5.69 Å². The topological polar surface area (TPSA) is 92.4 Å². The first-order chi connectivity index (χ1) is 13.7. The van der Waals surface area contributed by atoms with Crippen molar-refractivity contribution in [2.24, 2.45) is 0 Å². The maximum absolute atomic E-state index is 12.5. The number of nitrogens with zero attached hydrogens (tertiary/aromatic N) is 3. The summed E-state index contributed by atoms with van der Waals surface area (Å²) in [4.78, 5) is 26.6. The number of likely N-dealkylation sites (tertiary alicyclic amines) is 1. The summed E-state index contributed by atoms with van der Waals surface area (Å²) < 4.78 is 6.68. The lowest BCUT2D eigenvalue weighted by Crippen LogP contribution is -2.47. The molecule has 144 valence electrons. The Kier molecular flexibility index (Phi) is 5.09. The van der Waals surface area contributed by atoms with E-state index >= 15 is 0 Å². The molecule has 4 rings (SSSR count). The van der Waals surface area contributed by atoms with Crippen molar-refractivity contribution in [2.75, 3.05) is 18.4 Å². The van der Waals surface area contributed by atoms with Gasteiger partial charge in [-0.25, -0.2) is 9.48 Å². The highest BCUT2D eigenvalue weighted by Crippen LogP contribution is 2.19. The Morgan fingerprint density at radius 2 is 1.93 bits per heavy atom. The van der Waals surface area contributed by atoms with Gasteiger partial charge >= 0.3 is 6.03 Å². The molecule has 3 aromatic rings. The molecule has 2 N–H and O–H groups in total. The second kappa shape index (κ2) is 7.99. The van der Waals surface area contributed by atoms with Gasteiger partial charge in [0.25, 0.3) is 5.91 Å². The molecule has 0 spiro atoms. The van der Waals surface area contributed by atoms with Gasteiger partial charge in [-0.1, -0.05) is 12.1 Å². The normalized spacial score (nSPS) is 14.6. The van der Waals surface area contributed by atoms with Crippen molar-refractivity contribution >= 4 is 17.6 Å². The van der Waals surface area contributed by atoms with Crippen molar-refractivity contribution in [3.63, 3.8) is 0 Å². The Morgan fingerprint density at radius 3 is 2.64 bits per heavy atom. The number of rotatable bonds is 4. The van der Waals surface area contributed by atoms with Gasteiger partial charge in [0.05, 0.1) is 23.2 Å². The average molecular weight is 379 g/mol. The molecule has 3 heterocycles. The van der Waals surface area contributed by atoms with Crippen LogP contribution in [0.5, 0.6) is 0 Å². The Hall–Kier alpha value is -3.55. The van der Waals surface area contributed by atoms with Crippen LogP contribution in [0.1, 0.15) is 23.2 Å². The molecule has 1 fully saturated rings. The molecule has 1 saturated heterocycles. The van der Waals surface area contributed by atoms with Crippen LogP contribution in [-0.2, 0) is 0 Å². The molecule has 0 atom stereocenters. The number of carbonyl (C=O) groups excluding carboxylic acids is 2. The Balaban J connectivity index is 1.32. The van der Waals surface area contributed by atoms with Crippen LogP contribution in [0.25, 0.3) is 5.69 Å². The second-order valence-electron chi connectivity index (χ2n) is 6.64. The molecular formula is C20H21N5O3. The van der Waals surface area contributed by atoms with Crippen molar-refractivity contribution in [3.8, 4) is 5.69 Å². The summed E-state index contributed by atoms with van der Waals surface area (Å²) in [6.45, 7) is 1.19. The van der Waals surface area contributed by atoms with Crippen molar-refractivity contribution in [1.82, 2.24) is 20.0 Å². The number of carbonyl (C=O) groups is 2. The highest BCUT2D eigenvalue weighted by Gasteiger charge is 2.25. The van der Waals surface area contributed by atoms with Crippen LogP contribution in [0.4, 0.5) is 10.5 Å². The molecule has 0 bridgehead atoms. The molecule has 2 aromatic heterocycles. The summed E-state index contributed by atoms with van der Waals surface area (Å²) in [7, 11) is 0. The van der Waals surface area contributed by atoms with Crippen molar-refractivity contribution < 1.29 is 14.0 Å². The van der Waals surface area contributed by atoms with Crippen LogP contribution >= 0.6 is 0 Å². The number of para-hydroxylation sites is 2. The van der Waals surface area contributed by atoms with Gasteiger partial charge < -0.3 is 20.0 Å². The third-order valence-electron chi connectivity index (χ3n) is 4.79. The first-order valence-electron chi connectivity index (χ1n) is 9.19. The number of hydrogen-bond donors (Lipinski definition) is 2. The van der Waals surface area contributed by atoms with Crippen molar-refractivity contribution in [2.45, 2.75) is 18.9 Å². The van der Waals surface area contributed by atoms with Gasteiger partial charge in [-0.3, -0.25) is 4.79 Å². The van der Waals surface area contributed by atoms with E-state index in [9.17, 15) is 9.59 Å². The van der Waals surface area contributed by atoms with Crippen LogP contribution in [-0.4, -0.2) is 45.8 Å². The van der Waals surface area contributed by atoms with E-state index in [2.05, 4.69) is 15.7 Å². The smallest absolute Gasteiger partial charge is 0.319 e. The number of piperidine rings is 1. The first-order valence-corrected chi connectivity index (χ1v) is 9.19. The number of amides is 3. The van der Waals surface area contributed by atoms with Crippen molar-refractivity contribution in [1.29, 1.82) is 0 Å². The van der Waals surface area contributed by atoms with Gasteiger partial charge in [0.1, 0.15) is 6.26 Å². The zero-order valence-electron chi connectivity index (χ0n) is 15.2. The van der Waals surface area contributed by atoms with Crippen LogP contribution in [0.2, 0.25) is 0 Å². The molecule has 3 amide bonds. The summed E-state index contributed by atoms with van der Waals surface area (Å²) in [6.07, 6.45) is 7.88. The van der Waals surface area contributed by atoms with Crippen LogP contribution in [0.15, 0.2) is 65.7 Å². The van der Waals surface area contributed by atoms with E-state index in [1.807, 2.05) is 36.5 Å². The average Bonchev–Trinajstić information content (AvgIpc) is 3.43. The first kappa shape index (κ1) is 17.8. The minimum absolute atomic E-state index is 0.0188. The van der Waals surface area contributed by atoms with Gasteiger partial charge in [-0.05, 0) is 37.1 Å². The minimum Gasteiger partial charge on any atom is -0.472 e. The van der Waals surface area contributed by atoms with Crippen LogP contribution in [0, 0.1) is 0 Å². The van der Waals surface area contributed by atoms with Gasteiger partial charge in [-0.15, -0.1) is 0 Å². The lowest BCUT2D eigenvalue weighted by atomic mass is 10.0. The molecule has 0 saturated carbocycles. The summed E-state index contributed by atoms with van der Waals surface area (Å²) in [5, 5.41) is 10.1. The summed E-state index contributed by atoms with van der Waals surface area (Å²) in [6, 6.07) is 10.7. The van der Waals surface area contributed by atoms with E-state index < -0.39 is 0 Å². The number of aromatic nitrogens is 2. The number of urea groups is 1. The predicted molar refractivity (Wildman–Crippen MR) is 103 cm³/mol. The summed E-state index contributed by atoms with van der Waals surface area (Å²) >= 11 is 0. The zero-order valence-corrected chi connectivity index (χ0v) is 15.2. The monoisotopic (exact) mass is 379 g/mol. The highest BCUT2D eigenvalue weighted by molar-refractivity contribution is 5.94. The molecule has 0 radical (unpaired) electrons. The fourth-order valence-corrected chi connectivity index (χ4v) is 3.33. The quantitative estimate of drug-likeness (QED) is 0.729. The Labute approximate surface area is 162 Å². The van der Waals surface area contributed by atoms with Gasteiger partial charge in [0, 0.05) is 31.5 Å². The van der Waals surface area contributed by atoms with E-state index in [1.165, 1.54) is 12.5 Å². The van der Waals surface area contributed by atoms with E-state index in [4.69, 9.17) is 4.42 Å². The maximum atomic E-state index is 12.5. The SMILES string of the molecule is O=C(Nc1ccccc1-n1cccn1)NC1CCN(C(=O)c2ccoc2)CC1. The number of benzene rings is 1. The minimum atomic E-state index is -0.265. The van der Waals surface area contributed by atoms with Crippen LogP contribution in [0.3, 0.4) is 0 Å². The fourth-order valence-electron chi connectivity index (χ4n) is 3.33. The van der Waals surface area contributed by atoms with Crippen molar-refractivity contribution in [3.05, 3.63) is 66.9 Å². The molecule has 0 unspecified atom stereocenters. The third-order valence-corrected chi connectivity index (χ3v) is 4.79. The molecule has 8 nitrogen and oxygen atoms in total. The molecule has 8 heteroatoms. The largest absolute Gasteiger partial charge is 0.472 e. The van der Waals surface area contributed by atoms with Gasteiger partial charge in [0.2, 0.25) is 0 Å². The van der Waals surface area contributed by atoms with Gasteiger partial charge in [0.15, 0.2) is 0 Å². The second-order valence-corrected chi connectivity index (χ2v) is 6.64. The molecule has 0 aliphatic carbocycles. The summed E-state index contributed by atoms with van der Waals surface area (Å²) in [5.74, 6) is -0.0372. The van der Waals surface area contributed by atoms with E-state index in [-0.39, 0.29) is 18.0 Å². The third kappa shape index (κ3) is 3.90. The summed E-state index contributed by atoms with van der Waals surface area (Å²) in [5.41, 5.74) is 2.03. The van der Waals surface area contributed by atoms with Crippen LogP contribution < -0.4 is 10.6 Å². The van der Waals surface area contributed by atoms with E-state index in [0.29, 0.717) is 37.2 Å². The lowest BCUT2D eigenvalue weighted by Gasteiger charge is -2.32. The number of anilines is 1. The lowest BCUT2D eigenvalue weighted by molar-refractivity contribution is 0.0708. The Morgan fingerprint density at radius 1 is 1.11 bits per heavy atom. The Bertz CT molecular complexity index is 929.